The Hall–Kier alpha value is -11.6. The third-order valence-corrected chi connectivity index (χ3v) is 17.5. The van der Waals surface area contributed by atoms with E-state index in [0.717, 1.165) is 72.5 Å². The summed E-state index contributed by atoms with van der Waals surface area (Å²) in [6, 6.07) is 43.5. The normalized spacial score (nSPS) is 9.82. The zero-order chi connectivity index (χ0) is 80.3. The van der Waals surface area contributed by atoms with Crippen LogP contribution in [0.5, 0.6) is 0 Å². The number of halogens is 2. The minimum absolute atomic E-state index is 0. The molecule has 0 spiro atoms. The molecule has 578 valence electrons. The maximum atomic E-state index is 12.1. The van der Waals surface area contributed by atoms with E-state index in [1.807, 2.05) is 84.9 Å². The average molecular weight is 1630 g/mol. The molecule has 111 heavy (non-hydrogen) atoms. The summed E-state index contributed by atoms with van der Waals surface area (Å²) in [5.41, 5.74) is 11.5. The van der Waals surface area contributed by atoms with Crippen LogP contribution < -0.4 is 72.9 Å². The molecule has 12 aromatic rings. The van der Waals surface area contributed by atoms with E-state index in [4.69, 9.17) is 26.5 Å². The Balaban J connectivity index is 0.000000357. The number of carbonyl (C=O) groups is 10. The van der Waals surface area contributed by atoms with Gasteiger partial charge in [0.2, 0.25) is 0 Å². The fraction of sp³-hybridized carbons (Fsp3) is 0.171. The fourth-order valence-corrected chi connectivity index (χ4v) is 11.6. The van der Waals surface area contributed by atoms with Crippen molar-refractivity contribution in [1.29, 1.82) is 0 Å². The third-order valence-electron chi connectivity index (χ3n) is 13.8. The maximum absolute atomic E-state index is 12.1. The second kappa shape index (κ2) is 50.1. The van der Waals surface area contributed by atoms with Crippen molar-refractivity contribution in [3.63, 3.8) is 0 Å². The van der Waals surface area contributed by atoms with Gasteiger partial charge in [-0.2, -0.15) is 17.5 Å². The van der Waals surface area contributed by atoms with Crippen LogP contribution >= 0.6 is 69.3 Å². The molecule has 8 aromatic heterocycles. The van der Waals surface area contributed by atoms with Crippen LogP contribution in [-0.4, -0.2) is 197 Å². The molecule has 8 heterocycles. The topological polar surface area (TPSA) is 521 Å². The molecule has 0 unspecified atom stereocenters. The number of methoxy groups -OCH3 is 2. The number of pyridine rings is 4. The summed E-state index contributed by atoms with van der Waals surface area (Å²) in [6.45, 7) is 4.27. The molecule has 0 radical (unpaired) electrons. The number of rotatable bonds is 24. The number of anilines is 4. The van der Waals surface area contributed by atoms with Crippen LogP contribution in [0.3, 0.4) is 0 Å². The molecule has 0 aliphatic rings. The van der Waals surface area contributed by atoms with Gasteiger partial charge in [-0.25, -0.2) is 24.2 Å². The first kappa shape index (κ1) is 91.7. The van der Waals surface area contributed by atoms with E-state index < -0.39 is 34.4 Å². The monoisotopic (exact) mass is 1630 g/mol. The van der Waals surface area contributed by atoms with Gasteiger partial charge in [0, 0.05) is 106 Å². The number of nitrogens with zero attached hydrogens (tertiary/aromatic N) is 8. The summed E-state index contributed by atoms with van der Waals surface area (Å²) in [5.74, 6) is -1.02. The number of carboxylic acids is 2. The number of hydrogen-bond acceptors (Lipinski definition) is 32. The number of nitrogens with two attached hydrogens (primary N) is 2. The number of fused-ring (bicyclic) bond motifs is 4. The number of esters is 2. The Bertz CT molecular complexity index is 4840. The van der Waals surface area contributed by atoms with Crippen molar-refractivity contribution < 1.29 is 98.4 Å². The van der Waals surface area contributed by atoms with Crippen molar-refractivity contribution in [3.8, 4) is 0 Å². The van der Waals surface area contributed by atoms with Crippen molar-refractivity contribution in [2.75, 3.05) is 102 Å². The number of carboxylic acid groups (broad SMARTS) is 2. The molecule has 0 aliphatic carbocycles. The van der Waals surface area contributed by atoms with Crippen molar-refractivity contribution in [3.05, 3.63) is 215 Å². The quantitative estimate of drug-likeness (QED) is 0.00636. The summed E-state index contributed by atoms with van der Waals surface area (Å²) in [7, 11) is 5.58. The van der Waals surface area contributed by atoms with Gasteiger partial charge in [0.05, 0.1) is 55.3 Å². The van der Waals surface area contributed by atoms with Gasteiger partial charge in [-0.1, -0.05) is 48.5 Å². The maximum Gasteiger partial charge on any atom is 1.00 e. The van der Waals surface area contributed by atoms with Gasteiger partial charge < -0.3 is 75.1 Å². The molecular weight excluding hydrogens is 1550 g/mol. The number of carbonyl (C=O) groups excluding carboxylic acids is 8. The minimum atomic E-state index is -1.14. The molecule has 34 nitrogen and oxygen atoms in total. The summed E-state index contributed by atoms with van der Waals surface area (Å²) in [4.78, 5) is 125. The molecule has 4 aromatic carbocycles. The summed E-state index contributed by atoms with van der Waals surface area (Å²) in [5, 5.41) is 55.0. The number of amides is 4. The van der Waals surface area contributed by atoms with Gasteiger partial charge in [-0.05, 0) is 173 Å². The second-order valence-corrected chi connectivity index (χ2v) is 24.7. The zero-order valence-corrected chi connectivity index (χ0v) is 64.4. The van der Waals surface area contributed by atoms with Crippen LogP contribution in [0.15, 0.2) is 170 Å². The predicted octanol–water partition coefficient (Wildman–Crippen LogP) is 5.90. The van der Waals surface area contributed by atoms with E-state index in [1.54, 1.807) is 13.1 Å². The summed E-state index contributed by atoms with van der Waals surface area (Å²) < 4.78 is 30.9. The van der Waals surface area contributed by atoms with Gasteiger partial charge in [0.15, 0.2) is 0 Å². The molecule has 0 saturated carbocycles. The van der Waals surface area contributed by atoms with Gasteiger partial charge in [0.25, 0.3) is 23.6 Å². The first-order valence-electron chi connectivity index (χ1n) is 32.0. The predicted molar refractivity (Wildman–Crippen MR) is 424 cm³/mol. The zero-order valence-electron chi connectivity index (χ0n) is 60.6. The SMILES string of the molecule is CN.CNC(=O)c1ccc(C(=O)NCCNc2nsc3ccccc23)nc1.COC(=O)c1ccc(C(=O)NCCNc2nsc3ccccc23)nc1.COC(=O)c1ccc(C(=O)O)nc1.NCCNc1nsc2ccccc12.O=C(Cl)C(=O)Cl.O=C(O)c1ccc(C(=O)NCCNc2nsc3ccccc23)nc1.OO.[H-].[Li+]. The van der Waals surface area contributed by atoms with E-state index in [2.05, 4.69) is 131 Å². The van der Waals surface area contributed by atoms with Crippen LogP contribution in [0, 0.1) is 0 Å². The van der Waals surface area contributed by atoms with Crippen molar-refractivity contribution in [1.82, 2.24) is 58.7 Å². The van der Waals surface area contributed by atoms with E-state index >= 15 is 0 Å². The van der Waals surface area contributed by atoms with E-state index in [0.29, 0.717) is 56.9 Å². The standard InChI is InChI=1S/C17H17N5O2S.C17H16N4O3S.C16H14N4O3S.C9H11N3S.C8H7NO4.C2Cl2O2.CH5N.Li.H2O2.H/c1-18-16(23)11-6-7-13(21-10-11)17(24)20-9-8-19-15-12-4-2-3-5-14(12)25-22-15;1-24-17(23)11-6-7-13(20-10-11)16(22)19-9-8-18-15-12-4-2-3-5-14(12)25-21-15;21-15(12-6-5-10(9-19-12)16(22)23)18-8-7-17-14-11-3-1-2-4-13(11)24-20-14;10-5-6-11-9-7-3-1-2-4-8(7)13-12-9;1-13-8(12)5-2-3-6(7(10)11)9-4-5;3-1(5)2(4)6;1-2;;1-2;/h2-7,10H,8-9H2,1H3,(H,18,23)(H,19,22)(H,20,24);2-7,10H,8-9H2,1H3,(H,18,21)(H,19,22);1-6,9H,7-8H2,(H,17,20)(H,18,21)(H,22,23);1-4H,5-6,10H2,(H,11,12);2-4H,1H3,(H,10,11);;2H2,1H3;;1-2H;/q;;;;;;;+1;;-1. The van der Waals surface area contributed by atoms with Crippen molar-refractivity contribution in [2.45, 2.75) is 0 Å². The first-order chi connectivity index (χ1) is 53.2. The van der Waals surface area contributed by atoms with Crippen LogP contribution in [0.2, 0.25) is 0 Å². The molecular formula is C70H73Cl2LiN18O16S4. The van der Waals surface area contributed by atoms with Crippen LogP contribution in [0.25, 0.3) is 40.3 Å². The number of ether oxygens (including phenoxy) is 2. The van der Waals surface area contributed by atoms with Crippen molar-refractivity contribution >= 4 is 191 Å². The molecule has 4 amide bonds. The molecule has 0 atom stereocenters. The van der Waals surface area contributed by atoms with Crippen LogP contribution in [0.4, 0.5) is 23.3 Å². The number of aromatic carboxylic acids is 2. The fourth-order valence-electron chi connectivity index (χ4n) is 8.57. The Morgan fingerprint density at radius 1 is 0.396 bits per heavy atom. The molecule has 0 aliphatic heterocycles. The van der Waals surface area contributed by atoms with E-state index in [9.17, 15) is 47.9 Å². The van der Waals surface area contributed by atoms with E-state index in [1.165, 1.54) is 132 Å². The van der Waals surface area contributed by atoms with Gasteiger partial charge >= 0.3 is 53.2 Å². The molecule has 0 saturated heterocycles. The van der Waals surface area contributed by atoms with Gasteiger partial charge in [-0.15, -0.1) is 0 Å². The Kier molecular flexibility index (Phi) is 41.4. The second-order valence-electron chi connectivity index (χ2n) is 20.8. The molecule has 16 N–H and O–H groups in total. The number of benzene rings is 4. The summed E-state index contributed by atoms with van der Waals surface area (Å²) in [6.07, 6.45) is 5.03. The van der Waals surface area contributed by atoms with Crippen LogP contribution in [-0.2, 0) is 19.1 Å². The average Bonchev–Trinajstić information content (AvgIpc) is 1.65. The Morgan fingerprint density at radius 3 is 0.928 bits per heavy atom. The molecule has 0 fully saturated rings. The molecule has 12 rings (SSSR count). The van der Waals surface area contributed by atoms with Gasteiger partial charge in [0.1, 0.15) is 46.0 Å². The number of hydrogen-bond donors (Lipinski definition) is 14. The van der Waals surface area contributed by atoms with Crippen molar-refractivity contribution in [2.24, 2.45) is 11.5 Å². The summed E-state index contributed by atoms with van der Waals surface area (Å²) >= 11 is 14.8. The van der Waals surface area contributed by atoms with E-state index in [-0.39, 0.29) is 77.8 Å². The Morgan fingerprint density at radius 2 is 0.676 bits per heavy atom. The smallest absolute Gasteiger partial charge is 1.00 e. The van der Waals surface area contributed by atoms with Gasteiger partial charge in [-0.3, -0.25) is 54.2 Å². The number of nitrogens with one attached hydrogen (secondary N) is 8. The largest absolute Gasteiger partial charge is 1.00 e. The molecule has 41 heteroatoms. The number of aromatic nitrogens is 8. The minimum Gasteiger partial charge on any atom is -1.00 e. The molecule has 0 bridgehead atoms. The Labute approximate surface area is 672 Å². The third kappa shape index (κ3) is 29.7. The first-order valence-corrected chi connectivity index (χ1v) is 35.8. The van der Waals surface area contributed by atoms with Crippen LogP contribution in [0.1, 0.15) is 84.8 Å².